The van der Waals surface area contributed by atoms with Crippen molar-refractivity contribution in [2.45, 2.75) is 47.6 Å². The number of carbonyl (C=O) groups excluding carboxylic acids is 2. The highest BCUT2D eigenvalue weighted by atomic mass is 16.6. The number of ether oxygens (including phenoxy) is 1. The summed E-state index contributed by atoms with van der Waals surface area (Å²) in [5.41, 5.74) is -0.119. The molecule has 0 fully saturated rings. The number of aromatic nitrogens is 2. The lowest BCUT2D eigenvalue weighted by Crippen LogP contribution is -2.37. The van der Waals surface area contributed by atoms with Gasteiger partial charge in [0.15, 0.2) is 5.82 Å². The summed E-state index contributed by atoms with van der Waals surface area (Å²) in [4.78, 5) is 27.4. The van der Waals surface area contributed by atoms with Gasteiger partial charge in [-0.05, 0) is 18.8 Å². The number of rotatable bonds is 6. The third kappa shape index (κ3) is 4.84. The Kier molecular flexibility index (Phi) is 5.87. The van der Waals surface area contributed by atoms with Gasteiger partial charge in [0.1, 0.15) is 0 Å². The molecule has 1 aromatic heterocycles. The second-order valence-corrected chi connectivity index (χ2v) is 5.78. The van der Waals surface area contributed by atoms with Gasteiger partial charge in [-0.25, -0.2) is 4.79 Å². The van der Waals surface area contributed by atoms with Crippen LogP contribution in [-0.2, 0) is 16.1 Å². The van der Waals surface area contributed by atoms with E-state index in [-0.39, 0.29) is 42.1 Å². The van der Waals surface area contributed by atoms with E-state index in [1.807, 2.05) is 27.7 Å². The lowest BCUT2D eigenvalue weighted by atomic mass is 9.78. The van der Waals surface area contributed by atoms with Crippen LogP contribution in [0, 0.1) is 11.3 Å². The normalized spacial score (nSPS) is 12.8. The SMILES string of the molecule is CCOC(=O)c1nc(CNC(=O)C(CC)C(C)(C)C)no1. The van der Waals surface area contributed by atoms with Gasteiger partial charge in [-0.2, -0.15) is 4.98 Å². The van der Waals surface area contributed by atoms with Crippen molar-refractivity contribution in [3.8, 4) is 0 Å². The van der Waals surface area contributed by atoms with Gasteiger partial charge in [0.05, 0.1) is 13.2 Å². The van der Waals surface area contributed by atoms with Crippen LogP contribution in [-0.4, -0.2) is 28.6 Å². The molecule has 0 aromatic carbocycles. The average molecular weight is 297 g/mol. The van der Waals surface area contributed by atoms with Gasteiger partial charge in [0, 0.05) is 5.92 Å². The molecule has 7 heteroatoms. The molecule has 1 amide bonds. The predicted molar refractivity (Wildman–Crippen MR) is 75.3 cm³/mol. The summed E-state index contributed by atoms with van der Waals surface area (Å²) in [7, 11) is 0. The lowest BCUT2D eigenvalue weighted by Gasteiger charge is -2.28. The van der Waals surface area contributed by atoms with Crippen molar-refractivity contribution < 1.29 is 18.8 Å². The van der Waals surface area contributed by atoms with Crippen molar-refractivity contribution >= 4 is 11.9 Å². The first-order valence-electron chi connectivity index (χ1n) is 7.07. The predicted octanol–water partition coefficient (Wildman–Crippen LogP) is 1.93. The minimum atomic E-state index is -0.663. The van der Waals surface area contributed by atoms with Crippen LogP contribution in [0.15, 0.2) is 4.52 Å². The maximum absolute atomic E-state index is 12.1. The van der Waals surface area contributed by atoms with Crippen LogP contribution in [0.5, 0.6) is 0 Å². The molecule has 0 saturated heterocycles. The van der Waals surface area contributed by atoms with Crippen LogP contribution in [0.3, 0.4) is 0 Å². The summed E-state index contributed by atoms with van der Waals surface area (Å²) in [6.45, 7) is 10.1. The van der Waals surface area contributed by atoms with E-state index in [0.29, 0.717) is 0 Å². The van der Waals surface area contributed by atoms with Gasteiger partial charge < -0.3 is 14.6 Å². The average Bonchev–Trinajstić information content (AvgIpc) is 2.84. The smallest absolute Gasteiger partial charge is 0.397 e. The van der Waals surface area contributed by atoms with E-state index in [1.54, 1.807) is 6.92 Å². The Balaban J connectivity index is 2.59. The molecule has 0 aliphatic carbocycles. The molecule has 7 nitrogen and oxygen atoms in total. The fraction of sp³-hybridized carbons (Fsp3) is 0.714. The quantitative estimate of drug-likeness (QED) is 0.806. The van der Waals surface area contributed by atoms with Crippen LogP contribution in [0.4, 0.5) is 0 Å². The van der Waals surface area contributed by atoms with E-state index in [2.05, 4.69) is 15.5 Å². The molecule has 118 valence electrons. The molecule has 0 spiro atoms. The van der Waals surface area contributed by atoms with Gasteiger partial charge in [-0.3, -0.25) is 4.79 Å². The number of nitrogens with zero attached hydrogens (tertiary/aromatic N) is 2. The minimum Gasteiger partial charge on any atom is -0.459 e. The highest BCUT2D eigenvalue weighted by Gasteiger charge is 2.29. The fourth-order valence-electron chi connectivity index (χ4n) is 2.08. The highest BCUT2D eigenvalue weighted by Crippen LogP contribution is 2.28. The zero-order valence-electron chi connectivity index (χ0n) is 13.2. The Labute approximate surface area is 124 Å². The Morgan fingerprint density at radius 1 is 1.33 bits per heavy atom. The maximum Gasteiger partial charge on any atom is 0.397 e. The number of carbonyl (C=O) groups is 2. The Hall–Kier alpha value is -1.92. The molecule has 0 aliphatic rings. The molecule has 1 heterocycles. The summed E-state index contributed by atoms with van der Waals surface area (Å²) >= 11 is 0. The molecule has 0 bridgehead atoms. The molecular formula is C14H23N3O4. The van der Waals surface area contributed by atoms with Gasteiger partial charge >= 0.3 is 11.9 Å². The highest BCUT2D eigenvalue weighted by molar-refractivity contribution is 5.84. The van der Waals surface area contributed by atoms with E-state index < -0.39 is 5.97 Å². The van der Waals surface area contributed by atoms with Crippen LogP contribution >= 0.6 is 0 Å². The zero-order valence-corrected chi connectivity index (χ0v) is 13.2. The number of hydrogen-bond donors (Lipinski definition) is 1. The molecule has 0 radical (unpaired) electrons. The Bertz CT molecular complexity index is 491. The molecule has 21 heavy (non-hydrogen) atoms. The zero-order chi connectivity index (χ0) is 16.0. The molecule has 1 atom stereocenters. The van der Waals surface area contributed by atoms with E-state index >= 15 is 0 Å². The first kappa shape index (κ1) is 17.1. The number of amides is 1. The molecule has 0 aliphatic heterocycles. The van der Waals surface area contributed by atoms with Crippen molar-refractivity contribution in [2.75, 3.05) is 6.61 Å². The Morgan fingerprint density at radius 2 is 2.00 bits per heavy atom. The van der Waals surface area contributed by atoms with Gasteiger partial charge in [0.25, 0.3) is 0 Å². The van der Waals surface area contributed by atoms with Gasteiger partial charge in [-0.1, -0.05) is 32.9 Å². The van der Waals surface area contributed by atoms with Crippen molar-refractivity contribution in [1.29, 1.82) is 0 Å². The molecule has 0 saturated carbocycles. The molecule has 1 unspecified atom stereocenters. The second-order valence-electron chi connectivity index (χ2n) is 5.78. The van der Waals surface area contributed by atoms with Gasteiger partial charge in [-0.15, -0.1) is 0 Å². The fourth-order valence-corrected chi connectivity index (χ4v) is 2.08. The van der Waals surface area contributed by atoms with Crippen molar-refractivity contribution in [3.05, 3.63) is 11.7 Å². The van der Waals surface area contributed by atoms with Crippen LogP contribution in [0.1, 0.15) is 57.5 Å². The molecule has 1 rings (SSSR count). The summed E-state index contributed by atoms with van der Waals surface area (Å²) < 4.78 is 9.52. The van der Waals surface area contributed by atoms with Crippen LogP contribution < -0.4 is 5.32 Å². The van der Waals surface area contributed by atoms with E-state index in [4.69, 9.17) is 9.26 Å². The lowest BCUT2D eigenvalue weighted by molar-refractivity contribution is -0.128. The van der Waals surface area contributed by atoms with Gasteiger partial charge in [0.2, 0.25) is 5.91 Å². The summed E-state index contributed by atoms with van der Waals surface area (Å²) in [5.74, 6) is -0.788. The van der Waals surface area contributed by atoms with E-state index in [1.165, 1.54) is 0 Å². The summed E-state index contributed by atoms with van der Waals surface area (Å²) in [6.07, 6.45) is 0.746. The summed E-state index contributed by atoms with van der Waals surface area (Å²) in [6, 6.07) is 0. The third-order valence-electron chi connectivity index (χ3n) is 3.11. The first-order chi connectivity index (χ1) is 9.79. The van der Waals surface area contributed by atoms with Crippen molar-refractivity contribution in [1.82, 2.24) is 15.5 Å². The monoisotopic (exact) mass is 297 g/mol. The standard InChI is InChI=1S/C14H23N3O4/c1-6-9(14(3,4)5)11(18)15-8-10-16-12(21-17-10)13(19)20-7-2/h9H,6-8H2,1-5H3,(H,15,18). The van der Waals surface area contributed by atoms with Crippen molar-refractivity contribution in [3.63, 3.8) is 0 Å². The van der Waals surface area contributed by atoms with Crippen LogP contribution in [0.25, 0.3) is 0 Å². The number of nitrogens with one attached hydrogen (secondary N) is 1. The largest absolute Gasteiger partial charge is 0.459 e. The van der Waals surface area contributed by atoms with Crippen molar-refractivity contribution in [2.24, 2.45) is 11.3 Å². The second kappa shape index (κ2) is 7.19. The maximum atomic E-state index is 12.1. The topological polar surface area (TPSA) is 94.3 Å². The molecule has 1 N–H and O–H groups in total. The number of hydrogen-bond acceptors (Lipinski definition) is 6. The molecule has 1 aromatic rings. The van der Waals surface area contributed by atoms with E-state index in [0.717, 1.165) is 6.42 Å². The van der Waals surface area contributed by atoms with E-state index in [9.17, 15) is 9.59 Å². The number of esters is 1. The Morgan fingerprint density at radius 3 is 2.52 bits per heavy atom. The minimum absolute atomic E-state index is 0.0625. The first-order valence-corrected chi connectivity index (χ1v) is 7.07. The third-order valence-corrected chi connectivity index (χ3v) is 3.11. The summed E-state index contributed by atoms with van der Waals surface area (Å²) in [5, 5.41) is 6.40. The van der Waals surface area contributed by atoms with Crippen LogP contribution in [0.2, 0.25) is 0 Å². The molecular weight excluding hydrogens is 274 g/mol.